The Morgan fingerprint density at radius 1 is 1.03 bits per heavy atom. The molecule has 0 saturated carbocycles. The maximum atomic E-state index is 13.5. The first-order valence-corrected chi connectivity index (χ1v) is 13.1. The quantitative estimate of drug-likeness (QED) is 0.460. The van der Waals surface area contributed by atoms with Gasteiger partial charge in [0.05, 0.1) is 23.1 Å². The minimum absolute atomic E-state index is 0.00730. The molecule has 10 heteroatoms. The molecule has 0 radical (unpaired) electrons. The van der Waals surface area contributed by atoms with Gasteiger partial charge in [-0.25, -0.2) is 9.48 Å². The molecule has 0 atom stereocenters. The van der Waals surface area contributed by atoms with Gasteiger partial charge in [-0.05, 0) is 70.0 Å². The summed E-state index contributed by atoms with van der Waals surface area (Å²) >= 11 is 6.11. The summed E-state index contributed by atoms with van der Waals surface area (Å²) in [6.07, 6.45) is 2.61. The lowest BCUT2D eigenvalue weighted by atomic mass is 9.90. The minimum Gasteiger partial charge on any atom is -0.486 e. The number of nitrogens with zero attached hydrogens (tertiary/aromatic N) is 3. The standard InChI is InChI=1S/C28H31ClN4O5/c1-28(2,3)38-27(35)32-12-10-18(11-13-32)25-22(17-30-33(25)21-7-4-19(29)5-8-21)26(34)31-20-6-9-23-24(16-20)37-15-14-36-23/h4-9,16-18H,10-15H2,1-3H3,(H,31,34). The number of hydrogen-bond donors (Lipinski definition) is 1. The van der Waals surface area contributed by atoms with Gasteiger partial charge in [0.25, 0.3) is 5.91 Å². The molecule has 2 aromatic carbocycles. The molecule has 1 saturated heterocycles. The number of ether oxygens (including phenoxy) is 3. The SMILES string of the molecule is CC(C)(C)OC(=O)N1CCC(c2c(C(=O)Nc3ccc4c(c3)OCCO4)cnn2-c2ccc(Cl)cc2)CC1. The normalized spacial score (nSPS) is 15.7. The first kappa shape index (κ1) is 25.9. The van der Waals surface area contributed by atoms with Crippen molar-refractivity contribution in [3.05, 3.63) is 64.9 Å². The van der Waals surface area contributed by atoms with Crippen molar-refractivity contribution in [3.63, 3.8) is 0 Å². The van der Waals surface area contributed by atoms with Crippen molar-refractivity contribution in [2.24, 2.45) is 0 Å². The zero-order chi connectivity index (χ0) is 26.9. The fraction of sp³-hybridized carbons (Fsp3) is 0.393. The Hall–Kier alpha value is -3.72. The molecule has 38 heavy (non-hydrogen) atoms. The summed E-state index contributed by atoms with van der Waals surface area (Å²) < 4.78 is 18.6. The number of amides is 2. The summed E-state index contributed by atoms with van der Waals surface area (Å²) in [6.45, 7) is 7.57. The molecule has 0 unspecified atom stereocenters. The summed E-state index contributed by atoms with van der Waals surface area (Å²) in [4.78, 5) is 27.9. The molecule has 3 heterocycles. The van der Waals surface area contributed by atoms with Crippen molar-refractivity contribution in [1.29, 1.82) is 0 Å². The molecular weight excluding hydrogens is 508 g/mol. The Kier molecular flexibility index (Phi) is 7.21. The van der Waals surface area contributed by atoms with Crippen LogP contribution in [0.4, 0.5) is 10.5 Å². The second kappa shape index (κ2) is 10.6. The molecule has 0 aliphatic carbocycles. The van der Waals surface area contributed by atoms with Crippen LogP contribution in [0.1, 0.15) is 55.6 Å². The molecule has 3 aromatic rings. The number of benzene rings is 2. The van der Waals surface area contributed by atoms with Gasteiger partial charge in [-0.1, -0.05) is 11.6 Å². The highest BCUT2D eigenvalue weighted by molar-refractivity contribution is 6.30. The monoisotopic (exact) mass is 538 g/mol. The maximum absolute atomic E-state index is 13.5. The molecule has 9 nitrogen and oxygen atoms in total. The smallest absolute Gasteiger partial charge is 0.410 e. The van der Waals surface area contributed by atoms with E-state index in [1.165, 1.54) is 0 Å². The van der Waals surface area contributed by atoms with Crippen LogP contribution in [0, 0.1) is 0 Å². The third-order valence-electron chi connectivity index (χ3n) is 6.46. The number of anilines is 1. The zero-order valence-corrected chi connectivity index (χ0v) is 22.5. The number of nitrogens with one attached hydrogen (secondary N) is 1. The lowest BCUT2D eigenvalue weighted by molar-refractivity contribution is 0.0203. The average Bonchev–Trinajstić information content (AvgIpc) is 3.33. The number of halogens is 1. The Morgan fingerprint density at radius 2 is 1.71 bits per heavy atom. The van der Waals surface area contributed by atoms with E-state index in [1.54, 1.807) is 46.1 Å². The van der Waals surface area contributed by atoms with Crippen molar-refractivity contribution in [2.45, 2.75) is 45.1 Å². The Balaban J connectivity index is 1.40. The van der Waals surface area contributed by atoms with E-state index in [9.17, 15) is 9.59 Å². The molecule has 2 aliphatic heterocycles. The molecule has 0 spiro atoms. The molecule has 1 fully saturated rings. The number of carbonyl (C=O) groups excluding carboxylic acids is 2. The van der Waals surface area contributed by atoms with Gasteiger partial charge in [0.15, 0.2) is 11.5 Å². The van der Waals surface area contributed by atoms with E-state index in [-0.39, 0.29) is 17.9 Å². The van der Waals surface area contributed by atoms with E-state index < -0.39 is 5.60 Å². The van der Waals surface area contributed by atoms with Crippen molar-refractivity contribution >= 4 is 29.3 Å². The third-order valence-corrected chi connectivity index (χ3v) is 6.71. The second-order valence-corrected chi connectivity index (χ2v) is 10.8. The van der Waals surface area contributed by atoms with Crippen molar-refractivity contribution in [3.8, 4) is 17.2 Å². The fourth-order valence-electron chi connectivity index (χ4n) is 4.70. The van der Waals surface area contributed by atoms with Crippen LogP contribution in [-0.2, 0) is 4.74 Å². The second-order valence-electron chi connectivity index (χ2n) is 10.4. The van der Waals surface area contributed by atoms with Crippen LogP contribution in [0.5, 0.6) is 11.5 Å². The van der Waals surface area contributed by atoms with Crippen LogP contribution in [-0.4, -0.2) is 58.6 Å². The van der Waals surface area contributed by atoms with Crippen molar-refractivity contribution < 1.29 is 23.8 Å². The van der Waals surface area contributed by atoms with Gasteiger partial charge in [-0.2, -0.15) is 5.10 Å². The van der Waals surface area contributed by atoms with E-state index in [0.717, 1.165) is 11.4 Å². The van der Waals surface area contributed by atoms with Gasteiger partial charge >= 0.3 is 6.09 Å². The number of carbonyl (C=O) groups is 2. The number of aromatic nitrogens is 2. The first-order chi connectivity index (χ1) is 18.2. The lowest BCUT2D eigenvalue weighted by Crippen LogP contribution is -2.41. The number of rotatable bonds is 4. The van der Waals surface area contributed by atoms with Gasteiger partial charge < -0.3 is 24.4 Å². The predicted octanol–water partition coefficient (Wildman–Crippen LogP) is 5.66. The number of piperidine rings is 1. The Labute approximate surface area is 226 Å². The van der Waals surface area contributed by atoms with Crippen molar-refractivity contribution in [1.82, 2.24) is 14.7 Å². The van der Waals surface area contributed by atoms with Crippen LogP contribution in [0.2, 0.25) is 5.02 Å². The van der Waals surface area contributed by atoms with E-state index in [2.05, 4.69) is 10.4 Å². The van der Waals surface area contributed by atoms with Crippen LogP contribution >= 0.6 is 11.6 Å². The highest BCUT2D eigenvalue weighted by Gasteiger charge is 2.32. The lowest BCUT2D eigenvalue weighted by Gasteiger charge is -2.34. The number of likely N-dealkylation sites (tertiary alicyclic amines) is 1. The molecule has 5 rings (SSSR count). The third kappa shape index (κ3) is 5.72. The Bertz CT molecular complexity index is 1320. The molecular formula is C28H31ClN4O5. The molecule has 200 valence electrons. The topological polar surface area (TPSA) is 94.9 Å². The van der Waals surface area contributed by atoms with Gasteiger partial charge in [0.1, 0.15) is 18.8 Å². The van der Waals surface area contributed by atoms with Crippen LogP contribution in [0.3, 0.4) is 0 Å². The fourth-order valence-corrected chi connectivity index (χ4v) is 4.82. The maximum Gasteiger partial charge on any atom is 0.410 e. The van der Waals surface area contributed by atoms with Gasteiger partial charge in [0.2, 0.25) is 0 Å². The minimum atomic E-state index is -0.555. The summed E-state index contributed by atoms with van der Waals surface area (Å²) in [6, 6.07) is 12.7. The van der Waals surface area contributed by atoms with E-state index in [0.29, 0.717) is 66.9 Å². The number of hydrogen-bond acceptors (Lipinski definition) is 6. The first-order valence-electron chi connectivity index (χ1n) is 12.7. The van der Waals surface area contributed by atoms with E-state index in [1.807, 2.05) is 32.9 Å². The molecule has 1 aromatic heterocycles. The van der Waals surface area contributed by atoms with E-state index >= 15 is 0 Å². The Morgan fingerprint density at radius 3 is 2.39 bits per heavy atom. The summed E-state index contributed by atoms with van der Waals surface area (Å²) in [5.41, 5.74) is 2.12. The molecule has 2 amide bonds. The summed E-state index contributed by atoms with van der Waals surface area (Å²) in [5.74, 6) is 0.988. The van der Waals surface area contributed by atoms with Crippen LogP contribution < -0.4 is 14.8 Å². The summed E-state index contributed by atoms with van der Waals surface area (Å²) in [7, 11) is 0. The molecule has 2 aliphatic rings. The molecule has 1 N–H and O–H groups in total. The van der Waals surface area contributed by atoms with Gasteiger partial charge in [-0.3, -0.25) is 4.79 Å². The molecule has 0 bridgehead atoms. The van der Waals surface area contributed by atoms with Crippen LogP contribution in [0.25, 0.3) is 5.69 Å². The summed E-state index contributed by atoms with van der Waals surface area (Å²) in [5, 5.41) is 8.19. The van der Waals surface area contributed by atoms with E-state index in [4.69, 9.17) is 25.8 Å². The average molecular weight is 539 g/mol. The number of fused-ring (bicyclic) bond motifs is 1. The largest absolute Gasteiger partial charge is 0.486 e. The van der Waals surface area contributed by atoms with Crippen LogP contribution in [0.15, 0.2) is 48.7 Å². The van der Waals surface area contributed by atoms with Crippen molar-refractivity contribution in [2.75, 3.05) is 31.6 Å². The van der Waals surface area contributed by atoms with Gasteiger partial charge in [-0.15, -0.1) is 0 Å². The predicted molar refractivity (Wildman–Crippen MR) is 144 cm³/mol. The highest BCUT2D eigenvalue weighted by Crippen LogP contribution is 2.35. The zero-order valence-electron chi connectivity index (χ0n) is 21.7. The van der Waals surface area contributed by atoms with Gasteiger partial charge in [0, 0.05) is 35.8 Å². The highest BCUT2D eigenvalue weighted by atomic mass is 35.5.